The number of pyridine rings is 1. The zero-order chi connectivity index (χ0) is 19.3. The molecule has 2 heteroatoms. The molecule has 0 saturated heterocycles. The van der Waals surface area contributed by atoms with E-state index in [1.54, 1.807) is 6.26 Å². The summed E-state index contributed by atoms with van der Waals surface area (Å²) in [6.45, 7) is 6.93. The van der Waals surface area contributed by atoms with Crippen molar-refractivity contribution in [2.45, 2.75) is 52.4 Å². The van der Waals surface area contributed by atoms with Crippen molar-refractivity contribution >= 4 is 21.7 Å². The number of fused-ring (bicyclic) bond motifs is 2. The van der Waals surface area contributed by atoms with Crippen LogP contribution >= 0.6 is 0 Å². The van der Waals surface area contributed by atoms with Gasteiger partial charge in [0.25, 0.3) is 0 Å². The number of rotatable bonds is 2. The number of aromatic nitrogens is 1. The van der Waals surface area contributed by atoms with Gasteiger partial charge in [-0.2, -0.15) is 0 Å². The van der Waals surface area contributed by atoms with E-state index in [0.717, 1.165) is 22.2 Å². The van der Waals surface area contributed by atoms with Crippen LogP contribution < -0.4 is 0 Å². The van der Waals surface area contributed by atoms with Crippen molar-refractivity contribution in [1.82, 2.24) is 4.98 Å². The van der Waals surface area contributed by atoms with Crippen LogP contribution in [0.1, 0.15) is 56.6 Å². The highest BCUT2D eigenvalue weighted by atomic mass is 16.3. The lowest BCUT2D eigenvalue weighted by atomic mass is 9.71. The minimum Gasteiger partial charge on any atom is -0.464 e. The van der Waals surface area contributed by atoms with Gasteiger partial charge in [-0.3, -0.25) is 4.98 Å². The maximum atomic E-state index is 5.81. The predicted molar refractivity (Wildman–Crippen MR) is 117 cm³/mol. The maximum Gasteiger partial charge on any atom is 0.143 e. The Labute approximate surface area is 166 Å². The number of hydrogen-bond donors (Lipinski definition) is 0. The van der Waals surface area contributed by atoms with E-state index in [0.29, 0.717) is 11.3 Å². The summed E-state index contributed by atoms with van der Waals surface area (Å²) in [4.78, 5) is 4.75. The van der Waals surface area contributed by atoms with Gasteiger partial charge in [-0.1, -0.05) is 32.0 Å². The van der Waals surface area contributed by atoms with Gasteiger partial charge in [0.1, 0.15) is 5.58 Å². The van der Waals surface area contributed by atoms with E-state index in [9.17, 15) is 0 Å². The Balaban J connectivity index is 1.59. The highest BCUT2D eigenvalue weighted by Gasteiger charge is 2.27. The van der Waals surface area contributed by atoms with Crippen molar-refractivity contribution in [3.8, 4) is 11.3 Å². The van der Waals surface area contributed by atoms with Gasteiger partial charge < -0.3 is 4.42 Å². The summed E-state index contributed by atoms with van der Waals surface area (Å²) < 4.78 is 5.81. The summed E-state index contributed by atoms with van der Waals surface area (Å²) in [5.41, 5.74) is 6.22. The Morgan fingerprint density at radius 3 is 2.61 bits per heavy atom. The van der Waals surface area contributed by atoms with Crippen molar-refractivity contribution < 1.29 is 4.42 Å². The Morgan fingerprint density at radius 1 is 0.964 bits per heavy atom. The van der Waals surface area contributed by atoms with E-state index >= 15 is 0 Å². The molecule has 0 unspecified atom stereocenters. The van der Waals surface area contributed by atoms with E-state index in [-0.39, 0.29) is 0 Å². The number of nitrogens with zero attached hydrogens (tertiary/aromatic N) is 1. The molecule has 0 atom stereocenters. The van der Waals surface area contributed by atoms with Crippen molar-refractivity contribution in [2.75, 3.05) is 0 Å². The fraction of sp³-hybridized carbons (Fsp3) is 0.346. The molecule has 1 fully saturated rings. The molecule has 0 radical (unpaired) electrons. The molecule has 4 aromatic rings. The number of hydrogen-bond acceptors (Lipinski definition) is 2. The highest BCUT2D eigenvalue weighted by Crippen LogP contribution is 2.43. The number of furan rings is 1. The molecule has 1 saturated carbocycles. The summed E-state index contributed by atoms with van der Waals surface area (Å²) in [6, 6.07) is 15.5. The Bertz CT molecular complexity index is 1160. The maximum absolute atomic E-state index is 5.81. The predicted octanol–water partition coefficient (Wildman–Crippen LogP) is 7.64. The molecule has 0 aliphatic heterocycles. The van der Waals surface area contributed by atoms with E-state index in [4.69, 9.17) is 9.40 Å². The van der Waals surface area contributed by atoms with Gasteiger partial charge in [0, 0.05) is 22.5 Å². The SMILES string of the molecule is Cc1cc(-c2nccc3cc(C4CCC(C)(C)CC4)ccc23)c2occc2c1. The fourth-order valence-electron chi connectivity index (χ4n) is 4.81. The monoisotopic (exact) mass is 369 g/mol. The third-order valence-electron chi connectivity index (χ3n) is 6.55. The quantitative estimate of drug-likeness (QED) is 0.363. The van der Waals surface area contributed by atoms with Gasteiger partial charge in [-0.25, -0.2) is 0 Å². The summed E-state index contributed by atoms with van der Waals surface area (Å²) in [7, 11) is 0. The lowest BCUT2D eigenvalue weighted by molar-refractivity contribution is 0.224. The third-order valence-corrected chi connectivity index (χ3v) is 6.55. The third kappa shape index (κ3) is 3.01. The first-order chi connectivity index (χ1) is 13.5. The summed E-state index contributed by atoms with van der Waals surface area (Å²) in [5, 5.41) is 3.61. The zero-order valence-electron chi connectivity index (χ0n) is 17.0. The van der Waals surface area contributed by atoms with Gasteiger partial charge in [-0.15, -0.1) is 0 Å². The molecule has 0 bridgehead atoms. The highest BCUT2D eigenvalue weighted by molar-refractivity contribution is 6.02. The first-order valence-corrected chi connectivity index (χ1v) is 10.4. The second-order valence-corrected chi connectivity index (χ2v) is 9.23. The first-order valence-electron chi connectivity index (χ1n) is 10.4. The van der Waals surface area contributed by atoms with Crippen LogP contribution in [-0.2, 0) is 0 Å². The molecular formula is C26H27NO. The Morgan fingerprint density at radius 2 is 1.79 bits per heavy atom. The van der Waals surface area contributed by atoms with Gasteiger partial charge in [0.15, 0.2) is 0 Å². The molecule has 2 aromatic carbocycles. The number of aryl methyl sites for hydroxylation is 1. The second kappa shape index (κ2) is 6.48. The molecule has 1 aliphatic carbocycles. The van der Waals surface area contributed by atoms with Crippen molar-refractivity contribution in [1.29, 1.82) is 0 Å². The van der Waals surface area contributed by atoms with E-state index in [1.807, 2.05) is 12.3 Å². The molecule has 1 aliphatic rings. The minimum atomic E-state index is 0.504. The average Bonchev–Trinajstić information content (AvgIpc) is 3.15. The Kier molecular flexibility index (Phi) is 4.04. The van der Waals surface area contributed by atoms with Crippen LogP contribution in [0.4, 0.5) is 0 Å². The first kappa shape index (κ1) is 17.5. The van der Waals surface area contributed by atoms with Gasteiger partial charge in [0.2, 0.25) is 0 Å². The molecule has 0 amide bonds. The van der Waals surface area contributed by atoms with E-state index in [1.165, 1.54) is 47.6 Å². The largest absolute Gasteiger partial charge is 0.464 e. The van der Waals surface area contributed by atoms with Crippen molar-refractivity contribution in [3.63, 3.8) is 0 Å². The minimum absolute atomic E-state index is 0.504. The smallest absolute Gasteiger partial charge is 0.143 e. The van der Waals surface area contributed by atoms with Crippen LogP contribution in [0.5, 0.6) is 0 Å². The molecule has 28 heavy (non-hydrogen) atoms. The average molecular weight is 370 g/mol. The summed E-state index contributed by atoms with van der Waals surface area (Å²) in [5.74, 6) is 0.685. The molecule has 0 spiro atoms. The lowest BCUT2D eigenvalue weighted by Crippen LogP contribution is -2.20. The van der Waals surface area contributed by atoms with Crippen LogP contribution in [0.25, 0.3) is 33.0 Å². The molecule has 2 heterocycles. The lowest BCUT2D eigenvalue weighted by Gasteiger charge is -2.34. The normalized spacial score (nSPS) is 17.4. The topological polar surface area (TPSA) is 26.0 Å². The van der Waals surface area contributed by atoms with E-state index in [2.05, 4.69) is 57.2 Å². The molecule has 5 rings (SSSR count). The summed E-state index contributed by atoms with van der Waals surface area (Å²) >= 11 is 0. The van der Waals surface area contributed by atoms with Crippen LogP contribution in [-0.4, -0.2) is 4.98 Å². The molecule has 2 aromatic heterocycles. The van der Waals surface area contributed by atoms with Gasteiger partial charge in [-0.05, 0) is 84.7 Å². The molecular weight excluding hydrogens is 342 g/mol. The molecule has 142 valence electrons. The number of benzene rings is 2. The zero-order valence-corrected chi connectivity index (χ0v) is 17.0. The second-order valence-electron chi connectivity index (χ2n) is 9.23. The van der Waals surface area contributed by atoms with Crippen LogP contribution in [0.2, 0.25) is 0 Å². The van der Waals surface area contributed by atoms with Gasteiger partial charge in [0.05, 0.1) is 12.0 Å². The van der Waals surface area contributed by atoms with Crippen LogP contribution in [0.15, 0.2) is 59.3 Å². The standard InChI is InChI=1S/C26H27NO/c1-17-14-21-9-13-28-25(21)23(15-17)24-22-5-4-19(16-20(22)8-12-27-24)18-6-10-26(2,3)11-7-18/h4-5,8-9,12-16,18H,6-7,10-11H2,1-3H3. The van der Waals surface area contributed by atoms with Crippen LogP contribution in [0, 0.1) is 12.3 Å². The summed E-state index contributed by atoms with van der Waals surface area (Å²) in [6.07, 6.45) is 8.92. The Hall–Kier alpha value is -2.61. The molecule has 0 N–H and O–H groups in total. The van der Waals surface area contributed by atoms with Gasteiger partial charge >= 0.3 is 0 Å². The van der Waals surface area contributed by atoms with Crippen molar-refractivity contribution in [3.05, 3.63) is 66.1 Å². The van der Waals surface area contributed by atoms with Crippen LogP contribution in [0.3, 0.4) is 0 Å². The molecule has 2 nitrogen and oxygen atoms in total. The fourth-order valence-corrected chi connectivity index (χ4v) is 4.81. The van der Waals surface area contributed by atoms with Crippen molar-refractivity contribution in [2.24, 2.45) is 5.41 Å². The van der Waals surface area contributed by atoms with E-state index < -0.39 is 0 Å².